The Morgan fingerprint density at radius 3 is 2.40 bits per heavy atom. The van der Waals surface area contributed by atoms with Crippen molar-refractivity contribution in [1.29, 1.82) is 0 Å². The Morgan fingerprint density at radius 2 is 1.68 bits per heavy atom. The van der Waals surface area contributed by atoms with Gasteiger partial charge in [-0.05, 0) is 67.5 Å². The summed E-state index contributed by atoms with van der Waals surface area (Å²) in [6, 6.07) is 11.7. The van der Waals surface area contributed by atoms with E-state index in [9.17, 15) is 4.79 Å². The second kappa shape index (κ2) is 7.60. The summed E-state index contributed by atoms with van der Waals surface area (Å²) in [7, 11) is 3.14. The molecular formula is C21H25NO3. The first kappa shape index (κ1) is 17.3. The number of carbonyl (C=O) groups is 1. The van der Waals surface area contributed by atoms with Crippen LogP contribution in [0.25, 0.3) is 0 Å². The van der Waals surface area contributed by atoms with Gasteiger partial charge in [0.25, 0.3) is 5.91 Å². The molecule has 0 aliphatic heterocycles. The van der Waals surface area contributed by atoms with Crippen LogP contribution >= 0.6 is 0 Å². The number of amides is 1. The smallest absolute Gasteiger partial charge is 0.251 e. The predicted octanol–water partition coefficient (Wildman–Crippen LogP) is 4.07. The molecule has 2 aromatic rings. The number of nitrogens with one attached hydrogen (secondary N) is 1. The summed E-state index contributed by atoms with van der Waals surface area (Å²) < 4.78 is 10.5. The largest absolute Gasteiger partial charge is 0.493 e. The van der Waals surface area contributed by atoms with E-state index in [4.69, 9.17) is 9.47 Å². The van der Waals surface area contributed by atoms with E-state index in [0.717, 1.165) is 12.0 Å². The quantitative estimate of drug-likeness (QED) is 0.893. The van der Waals surface area contributed by atoms with Gasteiger partial charge in [0, 0.05) is 5.56 Å². The number of hydrogen-bond acceptors (Lipinski definition) is 3. The molecule has 25 heavy (non-hydrogen) atoms. The van der Waals surface area contributed by atoms with Gasteiger partial charge < -0.3 is 14.8 Å². The number of carbonyl (C=O) groups excluding carboxylic acids is 1. The topological polar surface area (TPSA) is 47.6 Å². The van der Waals surface area contributed by atoms with Crippen molar-refractivity contribution in [3.63, 3.8) is 0 Å². The number of aryl methyl sites for hydroxylation is 2. The highest BCUT2D eigenvalue weighted by atomic mass is 16.5. The summed E-state index contributed by atoms with van der Waals surface area (Å²) in [4.78, 5) is 12.6. The van der Waals surface area contributed by atoms with Crippen LogP contribution in [0, 0.1) is 0 Å². The Hall–Kier alpha value is -2.49. The lowest BCUT2D eigenvalue weighted by molar-refractivity contribution is 0.0939. The molecule has 1 N–H and O–H groups in total. The zero-order valence-electron chi connectivity index (χ0n) is 15.1. The van der Waals surface area contributed by atoms with Crippen molar-refractivity contribution in [3.8, 4) is 11.5 Å². The number of methoxy groups -OCH3 is 2. The van der Waals surface area contributed by atoms with Crippen molar-refractivity contribution >= 4 is 5.91 Å². The van der Waals surface area contributed by atoms with Gasteiger partial charge in [-0.1, -0.05) is 18.2 Å². The van der Waals surface area contributed by atoms with Crippen molar-refractivity contribution in [2.45, 2.75) is 38.6 Å². The number of ether oxygens (including phenoxy) is 2. The van der Waals surface area contributed by atoms with Crippen LogP contribution in [-0.4, -0.2) is 20.1 Å². The second-order valence-electron chi connectivity index (χ2n) is 6.50. The Bertz CT molecular complexity index is 770. The van der Waals surface area contributed by atoms with E-state index in [1.165, 1.54) is 30.4 Å². The van der Waals surface area contributed by atoms with E-state index in [2.05, 4.69) is 23.5 Å². The first-order chi connectivity index (χ1) is 12.1. The summed E-state index contributed by atoms with van der Waals surface area (Å²) in [6.07, 6.45) is 4.84. The van der Waals surface area contributed by atoms with Crippen LogP contribution in [0.2, 0.25) is 0 Å². The van der Waals surface area contributed by atoms with Crippen molar-refractivity contribution in [2.24, 2.45) is 0 Å². The molecular weight excluding hydrogens is 314 g/mol. The van der Waals surface area contributed by atoms with E-state index >= 15 is 0 Å². The number of fused-ring (bicyclic) bond motifs is 1. The molecule has 0 saturated carbocycles. The molecule has 4 nitrogen and oxygen atoms in total. The van der Waals surface area contributed by atoms with Crippen LogP contribution in [0.4, 0.5) is 0 Å². The van der Waals surface area contributed by atoms with Gasteiger partial charge >= 0.3 is 0 Å². The van der Waals surface area contributed by atoms with Crippen molar-refractivity contribution in [2.75, 3.05) is 14.2 Å². The van der Waals surface area contributed by atoms with Crippen LogP contribution in [0.1, 0.15) is 52.9 Å². The van der Waals surface area contributed by atoms with Crippen molar-refractivity contribution < 1.29 is 14.3 Å². The average Bonchev–Trinajstić information content (AvgIpc) is 2.66. The van der Waals surface area contributed by atoms with Crippen LogP contribution < -0.4 is 14.8 Å². The summed E-state index contributed by atoms with van der Waals surface area (Å²) >= 11 is 0. The van der Waals surface area contributed by atoms with Gasteiger partial charge in [0.15, 0.2) is 11.5 Å². The zero-order valence-corrected chi connectivity index (χ0v) is 15.1. The molecule has 132 valence electrons. The third-order valence-electron chi connectivity index (χ3n) is 4.87. The molecule has 0 radical (unpaired) electrons. The third kappa shape index (κ3) is 3.78. The van der Waals surface area contributed by atoms with E-state index in [-0.39, 0.29) is 11.9 Å². The first-order valence-corrected chi connectivity index (χ1v) is 8.77. The minimum atomic E-state index is -0.119. The van der Waals surface area contributed by atoms with Gasteiger partial charge in [0.1, 0.15) is 0 Å². The molecule has 3 rings (SSSR count). The van der Waals surface area contributed by atoms with Crippen molar-refractivity contribution in [3.05, 3.63) is 58.7 Å². The molecule has 0 fully saturated rings. The van der Waals surface area contributed by atoms with Crippen LogP contribution in [0.15, 0.2) is 36.4 Å². The molecule has 1 atom stereocenters. The summed E-state index contributed by atoms with van der Waals surface area (Å²) in [5, 5.41) is 3.07. The lowest BCUT2D eigenvalue weighted by Crippen LogP contribution is -2.26. The third-order valence-corrected chi connectivity index (χ3v) is 4.87. The minimum Gasteiger partial charge on any atom is -0.493 e. The number of hydrogen-bond donors (Lipinski definition) is 1. The molecule has 0 unspecified atom stereocenters. The molecule has 0 saturated heterocycles. The lowest BCUT2D eigenvalue weighted by atomic mass is 9.89. The monoisotopic (exact) mass is 339 g/mol. The lowest BCUT2D eigenvalue weighted by Gasteiger charge is -2.20. The molecule has 0 heterocycles. The SMILES string of the molecule is COc1ccc(C(=O)N[C@@H](C)c2ccc3c(c2)CCCC3)cc1OC. The molecule has 2 aromatic carbocycles. The van der Waals surface area contributed by atoms with E-state index in [1.54, 1.807) is 32.4 Å². The van der Waals surface area contributed by atoms with E-state index in [0.29, 0.717) is 17.1 Å². The fourth-order valence-corrected chi connectivity index (χ4v) is 3.36. The Morgan fingerprint density at radius 1 is 0.960 bits per heavy atom. The maximum atomic E-state index is 12.6. The van der Waals surface area contributed by atoms with Crippen LogP contribution in [0.5, 0.6) is 11.5 Å². The Labute approximate surface area is 149 Å². The van der Waals surface area contributed by atoms with Gasteiger partial charge in [-0.15, -0.1) is 0 Å². The maximum absolute atomic E-state index is 12.6. The molecule has 0 aromatic heterocycles. The number of benzene rings is 2. The summed E-state index contributed by atoms with van der Waals surface area (Å²) in [5.74, 6) is 1.05. The summed E-state index contributed by atoms with van der Waals surface area (Å²) in [6.45, 7) is 2.02. The molecule has 1 aliphatic carbocycles. The van der Waals surface area contributed by atoms with Gasteiger partial charge in [0.2, 0.25) is 0 Å². The Kier molecular flexibility index (Phi) is 5.27. The van der Waals surface area contributed by atoms with Crippen LogP contribution in [-0.2, 0) is 12.8 Å². The zero-order chi connectivity index (χ0) is 17.8. The second-order valence-corrected chi connectivity index (χ2v) is 6.50. The standard InChI is InChI=1S/C21H25NO3/c1-14(16-9-8-15-6-4-5-7-17(15)12-16)22-21(23)18-10-11-19(24-2)20(13-18)25-3/h8-14H,4-7H2,1-3H3,(H,22,23)/t14-/m0/s1. The highest BCUT2D eigenvalue weighted by Crippen LogP contribution is 2.28. The maximum Gasteiger partial charge on any atom is 0.251 e. The summed E-state index contributed by atoms with van der Waals surface area (Å²) in [5.41, 5.74) is 4.58. The van der Waals surface area contributed by atoms with Crippen molar-refractivity contribution in [1.82, 2.24) is 5.32 Å². The minimum absolute atomic E-state index is 0.0483. The van der Waals surface area contributed by atoms with E-state index < -0.39 is 0 Å². The van der Waals surface area contributed by atoms with Gasteiger partial charge in [-0.25, -0.2) is 0 Å². The highest BCUT2D eigenvalue weighted by Gasteiger charge is 2.16. The molecule has 4 heteroatoms. The molecule has 0 spiro atoms. The highest BCUT2D eigenvalue weighted by molar-refractivity contribution is 5.95. The van der Waals surface area contributed by atoms with Crippen LogP contribution in [0.3, 0.4) is 0 Å². The Balaban J connectivity index is 1.74. The number of rotatable bonds is 5. The fourth-order valence-electron chi connectivity index (χ4n) is 3.36. The average molecular weight is 339 g/mol. The van der Waals surface area contributed by atoms with Gasteiger partial charge in [0.05, 0.1) is 20.3 Å². The van der Waals surface area contributed by atoms with E-state index in [1.807, 2.05) is 6.92 Å². The van der Waals surface area contributed by atoms with Gasteiger partial charge in [-0.2, -0.15) is 0 Å². The molecule has 1 amide bonds. The first-order valence-electron chi connectivity index (χ1n) is 8.77. The molecule has 0 bridgehead atoms. The normalized spacial score (nSPS) is 14.4. The molecule has 1 aliphatic rings. The van der Waals surface area contributed by atoms with Gasteiger partial charge in [-0.3, -0.25) is 4.79 Å². The predicted molar refractivity (Wildman–Crippen MR) is 98.5 cm³/mol. The fraction of sp³-hybridized carbons (Fsp3) is 0.381.